The molecular formula is C16H14Cl2O2. The number of aryl methyl sites for hydroxylation is 2. The summed E-state index contributed by atoms with van der Waals surface area (Å²) in [6, 6.07) is 10.6. The van der Waals surface area contributed by atoms with E-state index in [1.807, 2.05) is 32.0 Å². The normalized spacial score (nSPS) is 10.4. The topological polar surface area (TPSA) is 26.3 Å². The summed E-state index contributed by atoms with van der Waals surface area (Å²) < 4.78 is 5.45. The molecule has 0 unspecified atom stereocenters. The number of hydrogen-bond donors (Lipinski definition) is 0. The molecule has 2 nitrogen and oxygen atoms in total. The summed E-state index contributed by atoms with van der Waals surface area (Å²) in [5.74, 6) is 0.464. The number of hydrogen-bond acceptors (Lipinski definition) is 2. The Kier molecular flexibility index (Phi) is 4.69. The van der Waals surface area contributed by atoms with Crippen LogP contribution in [0.4, 0.5) is 0 Å². The first kappa shape index (κ1) is 14.9. The summed E-state index contributed by atoms with van der Waals surface area (Å²) in [6.45, 7) is 3.88. The van der Waals surface area contributed by atoms with Gasteiger partial charge in [0, 0.05) is 11.6 Å². The van der Waals surface area contributed by atoms with Crippen LogP contribution in [0.3, 0.4) is 0 Å². The number of Topliss-reactive ketones (excluding diaryl/α,β-unsaturated/α-hetero) is 1. The lowest BCUT2D eigenvalue weighted by Crippen LogP contribution is -2.13. The lowest BCUT2D eigenvalue weighted by molar-refractivity contribution is 0.0921. The van der Waals surface area contributed by atoms with Gasteiger partial charge >= 0.3 is 0 Å². The monoisotopic (exact) mass is 308 g/mol. The first-order chi connectivity index (χ1) is 9.47. The largest absolute Gasteiger partial charge is 0.485 e. The number of rotatable bonds is 4. The fourth-order valence-electron chi connectivity index (χ4n) is 1.92. The van der Waals surface area contributed by atoms with Crippen LogP contribution < -0.4 is 4.74 Å². The zero-order valence-electron chi connectivity index (χ0n) is 11.2. The Labute approximate surface area is 128 Å². The van der Waals surface area contributed by atoms with Gasteiger partial charge in [-0.3, -0.25) is 4.79 Å². The van der Waals surface area contributed by atoms with Crippen LogP contribution >= 0.6 is 23.2 Å². The molecule has 4 heteroatoms. The second-order valence-electron chi connectivity index (χ2n) is 4.61. The Hall–Kier alpha value is -1.51. The maximum atomic E-state index is 12.1. The van der Waals surface area contributed by atoms with Crippen molar-refractivity contribution < 1.29 is 9.53 Å². The molecule has 0 amide bonds. The van der Waals surface area contributed by atoms with Gasteiger partial charge in [-0.25, -0.2) is 0 Å². The molecule has 2 aromatic rings. The molecule has 0 spiro atoms. The van der Waals surface area contributed by atoms with Crippen LogP contribution in [-0.4, -0.2) is 12.4 Å². The lowest BCUT2D eigenvalue weighted by atomic mass is 10.0. The van der Waals surface area contributed by atoms with Gasteiger partial charge < -0.3 is 4.74 Å². The van der Waals surface area contributed by atoms with Gasteiger partial charge in [0.1, 0.15) is 5.75 Å². The van der Waals surface area contributed by atoms with Gasteiger partial charge in [0.2, 0.25) is 0 Å². The zero-order chi connectivity index (χ0) is 14.7. The SMILES string of the molecule is Cc1ccc(C(=O)COc2ccc(Cl)c(Cl)c2)c(C)c1. The molecule has 0 bridgehead atoms. The van der Waals surface area contributed by atoms with Crippen molar-refractivity contribution in [3.8, 4) is 5.75 Å². The number of halogens is 2. The Morgan fingerprint density at radius 2 is 1.80 bits per heavy atom. The highest BCUT2D eigenvalue weighted by atomic mass is 35.5. The second-order valence-corrected chi connectivity index (χ2v) is 5.42. The third-order valence-corrected chi connectivity index (χ3v) is 3.68. The highest BCUT2D eigenvalue weighted by molar-refractivity contribution is 6.42. The maximum Gasteiger partial charge on any atom is 0.200 e. The molecule has 0 radical (unpaired) electrons. The van der Waals surface area contributed by atoms with Crippen LogP contribution in [0, 0.1) is 13.8 Å². The molecule has 0 aromatic heterocycles. The summed E-state index contributed by atoms with van der Waals surface area (Å²) >= 11 is 11.7. The van der Waals surface area contributed by atoms with Gasteiger partial charge in [-0.1, -0.05) is 47.0 Å². The molecule has 2 rings (SSSR count). The van der Waals surface area contributed by atoms with E-state index in [9.17, 15) is 4.79 Å². The van der Waals surface area contributed by atoms with Gasteiger partial charge in [0.15, 0.2) is 12.4 Å². The first-order valence-corrected chi connectivity index (χ1v) is 6.91. The molecule has 0 saturated carbocycles. The lowest BCUT2D eigenvalue weighted by Gasteiger charge is -2.08. The van der Waals surface area contributed by atoms with Crippen molar-refractivity contribution in [2.24, 2.45) is 0 Å². The molecule has 0 aliphatic heterocycles. The molecule has 0 N–H and O–H groups in total. The second kappa shape index (κ2) is 6.29. The minimum atomic E-state index is -0.0615. The van der Waals surface area contributed by atoms with Crippen LogP contribution in [0.1, 0.15) is 21.5 Å². The number of benzene rings is 2. The highest BCUT2D eigenvalue weighted by Crippen LogP contribution is 2.26. The predicted octanol–water partition coefficient (Wildman–Crippen LogP) is 4.87. The standard InChI is InChI=1S/C16H14Cl2O2/c1-10-3-5-13(11(2)7-10)16(19)9-20-12-4-6-14(17)15(18)8-12/h3-8H,9H2,1-2H3. The quantitative estimate of drug-likeness (QED) is 0.753. The van der Waals surface area contributed by atoms with Crippen molar-refractivity contribution in [2.45, 2.75) is 13.8 Å². The molecule has 0 saturated heterocycles. The van der Waals surface area contributed by atoms with E-state index in [0.29, 0.717) is 21.4 Å². The van der Waals surface area contributed by atoms with E-state index in [1.165, 1.54) is 0 Å². The van der Waals surface area contributed by atoms with E-state index >= 15 is 0 Å². The minimum Gasteiger partial charge on any atom is -0.485 e. The predicted molar refractivity (Wildman–Crippen MR) is 82.2 cm³/mol. The van der Waals surface area contributed by atoms with Crippen LogP contribution in [-0.2, 0) is 0 Å². The van der Waals surface area contributed by atoms with E-state index in [0.717, 1.165) is 11.1 Å². The van der Waals surface area contributed by atoms with Crippen LogP contribution in [0.5, 0.6) is 5.75 Å². The molecule has 0 atom stereocenters. The number of carbonyl (C=O) groups excluding carboxylic acids is 1. The fourth-order valence-corrected chi connectivity index (χ4v) is 2.21. The molecule has 104 valence electrons. The summed E-state index contributed by atoms with van der Waals surface area (Å²) in [5.41, 5.74) is 2.76. The average molecular weight is 309 g/mol. The zero-order valence-corrected chi connectivity index (χ0v) is 12.8. The number of ether oxygens (including phenoxy) is 1. The van der Waals surface area contributed by atoms with Crippen molar-refractivity contribution in [1.29, 1.82) is 0 Å². The van der Waals surface area contributed by atoms with Crippen molar-refractivity contribution in [3.63, 3.8) is 0 Å². The summed E-state index contributed by atoms with van der Waals surface area (Å²) in [4.78, 5) is 12.1. The molecule has 0 aliphatic rings. The van der Waals surface area contributed by atoms with E-state index in [2.05, 4.69) is 0 Å². The fraction of sp³-hybridized carbons (Fsp3) is 0.188. The Morgan fingerprint density at radius 3 is 2.45 bits per heavy atom. The molecule has 2 aromatic carbocycles. The van der Waals surface area contributed by atoms with E-state index in [1.54, 1.807) is 18.2 Å². The first-order valence-electron chi connectivity index (χ1n) is 6.15. The highest BCUT2D eigenvalue weighted by Gasteiger charge is 2.10. The van der Waals surface area contributed by atoms with Crippen molar-refractivity contribution in [2.75, 3.05) is 6.61 Å². The molecule has 0 heterocycles. The molecule has 0 fully saturated rings. The summed E-state index contributed by atoms with van der Waals surface area (Å²) in [5, 5.41) is 0.864. The Morgan fingerprint density at radius 1 is 1.05 bits per heavy atom. The van der Waals surface area contributed by atoms with Crippen LogP contribution in [0.2, 0.25) is 10.0 Å². The Bertz CT molecular complexity index is 651. The number of ketones is 1. The third kappa shape index (κ3) is 3.53. The van der Waals surface area contributed by atoms with Crippen molar-refractivity contribution in [1.82, 2.24) is 0 Å². The van der Waals surface area contributed by atoms with Gasteiger partial charge in [-0.2, -0.15) is 0 Å². The summed E-state index contributed by atoms with van der Waals surface area (Å²) in [7, 11) is 0. The van der Waals surface area contributed by atoms with Crippen molar-refractivity contribution in [3.05, 3.63) is 63.1 Å². The van der Waals surface area contributed by atoms with Gasteiger partial charge in [-0.05, 0) is 31.5 Å². The van der Waals surface area contributed by atoms with Gasteiger partial charge in [0.05, 0.1) is 10.0 Å². The number of carbonyl (C=O) groups is 1. The van der Waals surface area contributed by atoms with E-state index in [4.69, 9.17) is 27.9 Å². The molecule has 20 heavy (non-hydrogen) atoms. The van der Waals surface area contributed by atoms with Gasteiger partial charge in [-0.15, -0.1) is 0 Å². The van der Waals surface area contributed by atoms with E-state index in [-0.39, 0.29) is 12.4 Å². The smallest absolute Gasteiger partial charge is 0.200 e. The van der Waals surface area contributed by atoms with Crippen LogP contribution in [0.25, 0.3) is 0 Å². The van der Waals surface area contributed by atoms with Crippen molar-refractivity contribution >= 4 is 29.0 Å². The van der Waals surface area contributed by atoms with Crippen LogP contribution in [0.15, 0.2) is 36.4 Å². The molecule has 0 aliphatic carbocycles. The van der Waals surface area contributed by atoms with E-state index < -0.39 is 0 Å². The average Bonchev–Trinajstić information content (AvgIpc) is 2.40. The maximum absolute atomic E-state index is 12.1. The minimum absolute atomic E-state index is 0.0259. The Balaban J connectivity index is 2.06. The molecular weight excluding hydrogens is 295 g/mol. The summed E-state index contributed by atoms with van der Waals surface area (Å²) in [6.07, 6.45) is 0. The van der Waals surface area contributed by atoms with Gasteiger partial charge in [0.25, 0.3) is 0 Å². The third-order valence-electron chi connectivity index (χ3n) is 2.94.